The van der Waals surface area contributed by atoms with Crippen molar-refractivity contribution in [1.82, 2.24) is 14.9 Å². The van der Waals surface area contributed by atoms with Crippen molar-refractivity contribution < 1.29 is 21.6 Å². The molecule has 156 valence electrons. The zero-order chi connectivity index (χ0) is 19.8. The highest BCUT2D eigenvalue weighted by molar-refractivity contribution is 14.0. The largest absolute Gasteiger partial charge is 0.416 e. The standard InChI is InChI=1S/C16H25F3N4O2S.HI/c1-4-20-15(21-10-5-11-22-26(3,24)25)23(2)12-13-6-8-14(9-7-13)16(17,18)19;/h6-9,22H,4-5,10-12H2,1-3H3,(H,20,21);1H. The second kappa shape index (κ2) is 11.7. The first-order chi connectivity index (χ1) is 12.0. The van der Waals surface area contributed by atoms with Crippen molar-refractivity contribution in [3.8, 4) is 0 Å². The van der Waals surface area contributed by atoms with Crippen LogP contribution in [0.25, 0.3) is 0 Å². The Balaban J connectivity index is 0.00000676. The number of benzene rings is 1. The molecule has 0 saturated carbocycles. The fourth-order valence-electron chi connectivity index (χ4n) is 2.14. The number of aliphatic imine (C=N–C) groups is 1. The third kappa shape index (κ3) is 10.7. The van der Waals surface area contributed by atoms with Crippen LogP contribution in [0.5, 0.6) is 0 Å². The Morgan fingerprint density at radius 3 is 2.30 bits per heavy atom. The van der Waals surface area contributed by atoms with Gasteiger partial charge in [-0.05, 0) is 31.0 Å². The predicted molar refractivity (Wildman–Crippen MR) is 112 cm³/mol. The molecule has 0 unspecified atom stereocenters. The second-order valence-electron chi connectivity index (χ2n) is 5.81. The summed E-state index contributed by atoms with van der Waals surface area (Å²) in [6.45, 7) is 3.66. The summed E-state index contributed by atoms with van der Waals surface area (Å²) in [6, 6.07) is 5.01. The normalized spacial score (nSPS) is 12.4. The van der Waals surface area contributed by atoms with Gasteiger partial charge in [0.15, 0.2) is 5.96 Å². The Hall–Kier alpha value is -1.08. The molecule has 0 amide bonds. The lowest BCUT2D eigenvalue weighted by Crippen LogP contribution is -2.38. The van der Waals surface area contributed by atoms with Gasteiger partial charge in [0.2, 0.25) is 10.0 Å². The Morgan fingerprint density at radius 1 is 1.22 bits per heavy atom. The highest BCUT2D eigenvalue weighted by Crippen LogP contribution is 2.29. The second-order valence-corrected chi connectivity index (χ2v) is 7.64. The maximum absolute atomic E-state index is 12.6. The minimum Gasteiger partial charge on any atom is -0.357 e. The Labute approximate surface area is 175 Å². The molecule has 27 heavy (non-hydrogen) atoms. The van der Waals surface area contributed by atoms with Crippen LogP contribution in [0.3, 0.4) is 0 Å². The van der Waals surface area contributed by atoms with Crippen molar-refractivity contribution in [2.75, 3.05) is 32.9 Å². The van der Waals surface area contributed by atoms with Crippen molar-refractivity contribution in [3.05, 3.63) is 35.4 Å². The number of hydrogen-bond acceptors (Lipinski definition) is 3. The number of nitrogens with zero attached hydrogens (tertiary/aromatic N) is 2. The Kier molecular flexibility index (Phi) is 11.2. The minimum absolute atomic E-state index is 0. The molecule has 1 rings (SSSR count). The molecule has 0 bridgehead atoms. The number of alkyl halides is 3. The first-order valence-corrected chi connectivity index (χ1v) is 10.0. The molecule has 0 aliphatic carbocycles. The van der Waals surface area contributed by atoms with Crippen LogP contribution >= 0.6 is 24.0 Å². The summed E-state index contributed by atoms with van der Waals surface area (Å²) in [6.07, 6.45) is -2.71. The number of hydrogen-bond donors (Lipinski definition) is 2. The van der Waals surface area contributed by atoms with Crippen LogP contribution in [0.15, 0.2) is 29.3 Å². The van der Waals surface area contributed by atoms with Crippen molar-refractivity contribution in [2.24, 2.45) is 4.99 Å². The lowest BCUT2D eigenvalue weighted by Gasteiger charge is -2.22. The molecule has 0 atom stereocenters. The van der Waals surface area contributed by atoms with E-state index < -0.39 is 21.8 Å². The van der Waals surface area contributed by atoms with Gasteiger partial charge < -0.3 is 10.2 Å². The van der Waals surface area contributed by atoms with Gasteiger partial charge in [0.1, 0.15) is 0 Å². The maximum atomic E-state index is 12.6. The van der Waals surface area contributed by atoms with E-state index in [1.165, 1.54) is 12.1 Å². The van der Waals surface area contributed by atoms with Crippen LogP contribution in [-0.4, -0.2) is 52.2 Å². The van der Waals surface area contributed by atoms with Gasteiger partial charge in [0.05, 0.1) is 11.8 Å². The summed E-state index contributed by atoms with van der Waals surface area (Å²) < 4.78 is 62.2. The van der Waals surface area contributed by atoms with E-state index in [-0.39, 0.29) is 24.0 Å². The molecule has 0 fully saturated rings. The lowest BCUT2D eigenvalue weighted by atomic mass is 10.1. The highest BCUT2D eigenvalue weighted by atomic mass is 127. The molecule has 2 N–H and O–H groups in total. The van der Waals surface area contributed by atoms with Gasteiger partial charge in [-0.1, -0.05) is 12.1 Å². The first kappa shape index (κ1) is 25.9. The molecule has 0 aliphatic rings. The Bertz CT molecular complexity index is 695. The van der Waals surface area contributed by atoms with Crippen molar-refractivity contribution in [2.45, 2.75) is 26.1 Å². The van der Waals surface area contributed by atoms with Crippen LogP contribution in [0.4, 0.5) is 13.2 Å². The molecule has 1 aromatic rings. The topological polar surface area (TPSA) is 73.8 Å². The van der Waals surface area contributed by atoms with Crippen LogP contribution < -0.4 is 10.0 Å². The monoisotopic (exact) mass is 522 g/mol. The van der Waals surface area contributed by atoms with Crippen LogP contribution in [0.2, 0.25) is 0 Å². The van der Waals surface area contributed by atoms with E-state index >= 15 is 0 Å². The molecule has 11 heteroatoms. The quantitative estimate of drug-likeness (QED) is 0.239. The molecular formula is C16H26F3IN4O2S. The SMILES string of the molecule is CCNC(=NCCCNS(C)(=O)=O)N(C)Cc1ccc(C(F)(F)F)cc1.I. The number of guanidine groups is 1. The average molecular weight is 522 g/mol. The van der Waals surface area contributed by atoms with Crippen molar-refractivity contribution >= 4 is 40.0 Å². The number of nitrogens with one attached hydrogen (secondary N) is 2. The first-order valence-electron chi connectivity index (χ1n) is 8.13. The van der Waals surface area contributed by atoms with Gasteiger partial charge in [-0.25, -0.2) is 13.1 Å². The lowest BCUT2D eigenvalue weighted by molar-refractivity contribution is -0.137. The molecule has 0 aliphatic heterocycles. The van der Waals surface area contributed by atoms with Gasteiger partial charge in [-0.3, -0.25) is 4.99 Å². The smallest absolute Gasteiger partial charge is 0.357 e. The summed E-state index contributed by atoms with van der Waals surface area (Å²) in [5, 5.41) is 3.10. The summed E-state index contributed by atoms with van der Waals surface area (Å²) >= 11 is 0. The maximum Gasteiger partial charge on any atom is 0.416 e. The van der Waals surface area contributed by atoms with Crippen LogP contribution in [-0.2, 0) is 22.7 Å². The van der Waals surface area contributed by atoms with Crippen molar-refractivity contribution in [1.29, 1.82) is 0 Å². The molecule has 0 spiro atoms. The summed E-state index contributed by atoms with van der Waals surface area (Å²) in [4.78, 5) is 6.20. The van der Waals surface area contributed by atoms with Crippen LogP contribution in [0.1, 0.15) is 24.5 Å². The fraction of sp³-hybridized carbons (Fsp3) is 0.562. The molecule has 1 aromatic carbocycles. The fourth-order valence-corrected chi connectivity index (χ4v) is 2.65. The van der Waals surface area contributed by atoms with Gasteiger partial charge >= 0.3 is 6.18 Å². The third-order valence-corrected chi connectivity index (χ3v) is 4.09. The number of rotatable bonds is 8. The van der Waals surface area contributed by atoms with Gasteiger partial charge in [0, 0.05) is 33.2 Å². The third-order valence-electron chi connectivity index (χ3n) is 3.36. The van der Waals surface area contributed by atoms with E-state index in [0.717, 1.165) is 24.0 Å². The average Bonchev–Trinajstić information content (AvgIpc) is 2.52. The molecule has 0 saturated heterocycles. The molecule has 0 radical (unpaired) electrons. The molecule has 0 aromatic heterocycles. The minimum atomic E-state index is -4.35. The number of halogens is 4. The summed E-state index contributed by atoms with van der Waals surface area (Å²) in [7, 11) is -1.43. The van der Waals surface area contributed by atoms with E-state index in [4.69, 9.17) is 0 Å². The summed E-state index contributed by atoms with van der Waals surface area (Å²) in [5.74, 6) is 0.603. The van der Waals surface area contributed by atoms with E-state index in [1.54, 1.807) is 11.9 Å². The molecular weight excluding hydrogens is 496 g/mol. The van der Waals surface area contributed by atoms with Gasteiger partial charge in [-0.2, -0.15) is 13.2 Å². The molecule has 0 heterocycles. The van der Waals surface area contributed by atoms with E-state index in [0.29, 0.717) is 38.6 Å². The van der Waals surface area contributed by atoms with Crippen molar-refractivity contribution in [3.63, 3.8) is 0 Å². The zero-order valence-corrected chi connectivity index (χ0v) is 18.7. The zero-order valence-electron chi connectivity index (χ0n) is 15.5. The van der Waals surface area contributed by atoms with Gasteiger partial charge in [-0.15, -0.1) is 24.0 Å². The van der Waals surface area contributed by atoms with E-state index in [9.17, 15) is 21.6 Å². The van der Waals surface area contributed by atoms with Crippen LogP contribution in [0, 0.1) is 0 Å². The highest BCUT2D eigenvalue weighted by Gasteiger charge is 2.29. The van der Waals surface area contributed by atoms with E-state index in [2.05, 4.69) is 15.0 Å². The number of sulfonamides is 1. The molecule has 6 nitrogen and oxygen atoms in total. The van der Waals surface area contributed by atoms with Gasteiger partial charge in [0.25, 0.3) is 0 Å². The summed E-state index contributed by atoms with van der Waals surface area (Å²) in [5.41, 5.74) is 0.0488. The van der Waals surface area contributed by atoms with E-state index in [1.807, 2.05) is 6.92 Å². The Morgan fingerprint density at radius 2 is 1.81 bits per heavy atom. The predicted octanol–water partition coefficient (Wildman–Crippen LogP) is 2.66.